The van der Waals surface area contributed by atoms with Gasteiger partial charge in [0, 0.05) is 13.1 Å². The maximum Gasteiger partial charge on any atom is 0.573 e. The van der Waals surface area contributed by atoms with Crippen LogP contribution < -0.4 is 4.74 Å². The van der Waals surface area contributed by atoms with Gasteiger partial charge in [-0.15, -0.1) is 18.3 Å². The third-order valence-corrected chi connectivity index (χ3v) is 4.10. The van der Waals surface area contributed by atoms with Gasteiger partial charge in [-0.3, -0.25) is 4.79 Å². The van der Waals surface area contributed by atoms with Crippen molar-refractivity contribution in [3.8, 4) is 11.4 Å². The lowest BCUT2D eigenvalue weighted by molar-refractivity contribution is -0.274. The minimum Gasteiger partial charge on any atom is -0.406 e. The topological polar surface area (TPSA) is 73.1 Å². The van der Waals surface area contributed by atoms with Crippen LogP contribution in [-0.4, -0.2) is 56.2 Å². The predicted molar refractivity (Wildman–Crippen MR) is 84.5 cm³/mol. The zero-order valence-electron chi connectivity index (χ0n) is 13.5. The van der Waals surface area contributed by atoms with Crippen LogP contribution in [0.4, 0.5) is 13.2 Å². The summed E-state index contributed by atoms with van der Waals surface area (Å²) in [6.07, 6.45) is -4.75. The predicted octanol–water partition coefficient (Wildman–Crippen LogP) is 2.52. The first-order chi connectivity index (χ1) is 11.8. The zero-order chi connectivity index (χ0) is 18.4. The van der Waals surface area contributed by atoms with E-state index in [1.807, 2.05) is 13.8 Å². The summed E-state index contributed by atoms with van der Waals surface area (Å²) in [5.41, 5.74) is 0.456. The fourth-order valence-electron chi connectivity index (χ4n) is 2.01. The number of benzene rings is 1. The molecule has 2 aromatic rings. The molecule has 0 radical (unpaired) electrons. The lowest BCUT2D eigenvalue weighted by Gasteiger charge is -2.17. The van der Waals surface area contributed by atoms with E-state index < -0.39 is 6.36 Å². The summed E-state index contributed by atoms with van der Waals surface area (Å²) in [5.74, 6) is -0.217. The fourth-order valence-corrected chi connectivity index (χ4v) is 2.81. The highest BCUT2D eigenvalue weighted by Gasteiger charge is 2.31. The lowest BCUT2D eigenvalue weighted by Crippen LogP contribution is -2.31. The number of amides is 1. The molecule has 0 fully saturated rings. The lowest BCUT2D eigenvalue weighted by atomic mass is 10.3. The summed E-state index contributed by atoms with van der Waals surface area (Å²) < 4.78 is 41.7. The molecule has 136 valence electrons. The third kappa shape index (κ3) is 5.34. The maximum atomic E-state index is 12.2. The van der Waals surface area contributed by atoms with Crippen molar-refractivity contribution in [2.75, 3.05) is 18.8 Å². The average molecular weight is 375 g/mol. The van der Waals surface area contributed by atoms with Gasteiger partial charge in [-0.05, 0) is 48.5 Å². The van der Waals surface area contributed by atoms with E-state index in [0.29, 0.717) is 23.9 Å². The number of hydrogen-bond acceptors (Lipinski definition) is 6. The van der Waals surface area contributed by atoms with Crippen molar-refractivity contribution < 1.29 is 22.7 Å². The quantitative estimate of drug-likeness (QED) is 0.693. The molecule has 0 atom stereocenters. The van der Waals surface area contributed by atoms with Crippen molar-refractivity contribution in [3.05, 3.63) is 24.3 Å². The second kappa shape index (κ2) is 8.19. The molecule has 0 spiro atoms. The average Bonchev–Trinajstić information content (AvgIpc) is 3.02. The normalized spacial score (nSPS) is 11.4. The van der Waals surface area contributed by atoms with Crippen LogP contribution in [0.3, 0.4) is 0 Å². The number of tetrazole rings is 1. The SMILES string of the molecule is CCN(CC)C(=O)CSc1nnnn1-c1ccc(OC(F)(F)F)cc1. The molecule has 1 aromatic heterocycles. The monoisotopic (exact) mass is 375 g/mol. The Bertz CT molecular complexity index is 701. The summed E-state index contributed by atoms with van der Waals surface area (Å²) in [6, 6.07) is 5.13. The summed E-state index contributed by atoms with van der Waals surface area (Å²) in [6.45, 7) is 5.00. The largest absolute Gasteiger partial charge is 0.573 e. The molecule has 0 bridgehead atoms. The number of rotatable bonds is 7. The van der Waals surface area contributed by atoms with E-state index >= 15 is 0 Å². The van der Waals surface area contributed by atoms with Crippen molar-refractivity contribution in [1.82, 2.24) is 25.1 Å². The van der Waals surface area contributed by atoms with Gasteiger partial charge in [0.25, 0.3) is 0 Å². The van der Waals surface area contributed by atoms with E-state index in [1.54, 1.807) is 4.90 Å². The molecule has 7 nitrogen and oxygen atoms in total. The number of nitrogens with zero attached hydrogens (tertiary/aromatic N) is 5. The second-order valence-electron chi connectivity index (χ2n) is 4.77. The van der Waals surface area contributed by atoms with Crippen LogP contribution in [0.2, 0.25) is 0 Å². The Hall–Kier alpha value is -2.30. The Morgan fingerprint density at radius 3 is 2.44 bits per heavy atom. The second-order valence-corrected chi connectivity index (χ2v) is 5.71. The maximum absolute atomic E-state index is 12.2. The van der Waals surface area contributed by atoms with E-state index in [1.165, 1.54) is 28.9 Å². The molecule has 0 aliphatic carbocycles. The Morgan fingerprint density at radius 1 is 1.24 bits per heavy atom. The van der Waals surface area contributed by atoms with E-state index in [9.17, 15) is 18.0 Å². The number of halogens is 3. The Balaban J connectivity index is 2.07. The molecule has 1 amide bonds. The van der Waals surface area contributed by atoms with Crippen LogP contribution >= 0.6 is 11.8 Å². The van der Waals surface area contributed by atoms with E-state index in [-0.39, 0.29) is 17.4 Å². The van der Waals surface area contributed by atoms with Gasteiger partial charge in [-0.2, -0.15) is 4.68 Å². The van der Waals surface area contributed by atoms with Crippen LogP contribution in [0.5, 0.6) is 5.75 Å². The highest BCUT2D eigenvalue weighted by molar-refractivity contribution is 7.99. The minimum atomic E-state index is -4.75. The van der Waals surface area contributed by atoms with Gasteiger partial charge in [0.15, 0.2) is 0 Å². The molecule has 1 heterocycles. The molecule has 25 heavy (non-hydrogen) atoms. The van der Waals surface area contributed by atoms with Gasteiger partial charge >= 0.3 is 6.36 Å². The van der Waals surface area contributed by atoms with Crippen LogP contribution in [-0.2, 0) is 4.79 Å². The van der Waals surface area contributed by atoms with Gasteiger partial charge in [0.2, 0.25) is 11.1 Å². The molecule has 1 aromatic carbocycles. The Labute approximate surface area is 146 Å². The molecule has 0 N–H and O–H groups in total. The summed E-state index contributed by atoms with van der Waals surface area (Å²) >= 11 is 1.15. The number of ether oxygens (including phenoxy) is 1. The van der Waals surface area contributed by atoms with Crippen LogP contribution in [0.15, 0.2) is 29.4 Å². The smallest absolute Gasteiger partial charge is 0.406 e. The van der Waals surface area contributed by atoms with E-state index in [0.717, 1.165) is 11.8 Å². The first-order valence-electron chi connectivity index (χ1n) is 7.39. The van der Waals surface area contributed by atoms with Crippen molar-refractivity contribution in [2.24, 2.45) is 0 Å². The highest BCUT2D eigenvalue weighted by atomic mass is 32.2. The number of carbonyl (C=O) groups is 1. The first kappa shape index (κ1) is 19.0. The van der Waals surface area contributed by atoms with Gasteiger partial charge in [-0.1, -0.05) is 11.8 Å². The molecule has 0 aliphatic rings. The number of carbonyl (C=O) groups excluding carboxylic acids is 1. The van der Waals surface area contributed by atoms with Crippen LogP contribution in [0.1, 0.15) is 13.8 Å². The van der Waals surface area contributed by atoms with Crippen LogP contribution in [0, 0.1) is 0 Å². The molecule has 0 saturated carbocycles. The van der Waals surface area contributed by atoms with E-state index in [4.69, 9.17) is 0 Å². The number of aromatic nitrogens is 4. The van der Waals surface area contributed by atoms with Crippen molar-refractivity contribution >= 4 is 17.7 Å². The molecule has 11 heteroatoms. The zero-order valence-corrected chi connectivity index (χ0v) is 14.3. The van der Waals surface area contributed by atoms with Crippen molar-refractivity contribution in [2.45, 2.75) is 25.4 Å². The van der Waals surface area contributed by atoms with Gasteiger partial charge in [-0.25, -0.2) is 0 Å². The number of alkyl halides is 3. The standard InChI is InChI=1S/C14H16F3N5O2S/c1-3-21(4-2)12(23)9-25-13-18-19-20-22(13)10-5-7-11(8-6-10)24-14(15,16)17/h5-8H,3-4,9H2,1-2H3. The highest BCUT2D eigenvalue weighted by Crippen LogP contribution is 2.25. The fraction of sp³-hybridized carbons (Fsp3) is 0.429. The molecule has 0 saturated heterocycles. The van der Waals surface area contributed by atoms with Gasteiger partial charge in [0.05, 0.1) is 11.4 Å². The molecule has 2 rings (SSSR count). The van der Waals surface area contributed by atoms with Crippen molar-refractivity contribution in [3.63, 3.8) is 0 Å². The Kier molecular flexibility index (Phi) is 6.23. The first-order valence-corrected chi connectivity index (χ1v) is 8.37. The summed E-state index contributed by atoms with van der Waals surface area (Å²) in [5, 5.41) is 11.6. The summed E-state index contributed by atoms with van der Waals surface area (Å²) in [7, 11) is 0. The molecular weight excluding hydrogens is 359 g/mol. The van der Waals surface area contributed by atoms with Crippen LogP contribution in [0.25, 0.3) is 5.69 Å². The molecule has 0 aliphatic heterocycles. The Morgan fingerprint density at radius 2 is 1.88 bits per heavy atom. The van der Waals surface area contributed by atoms with Crippen molar-refractivity contribution in [1.29, 1.82) is 0 Å². The van der Waals surface area contributed by atoms with Gasteiger partial charge in [0.1, 0.15) is 5.75 Å². The van der Waals surface area contributed by atoms with E-state index in [2.05, 4.69) is 20.3 Å². The number of hydrogen-bond donors (Lipinski definition) is 0. The minimum absolute atomic E-state index is 0.0431. The molecular formula is C14H16F3N5O2S. The molecule has 0 unspecified atom stereocenters. The number of thioether (sulfide) groups is 1. The van der Waals surface area contributed by atoms with Gasteiger partial charge < -0.3 is 9.64 Å². The third-order valence-electron chi connectivity index (χ3n) is 3.20. The summed E-state index contributed by atoms with van der Waals surface area (Å²) in [4.78, 5) is 13.7.